The molecule has 1 aliphatic heterocycles. The molecule has 2 rings (SSSR count). The Hall–Kier alpha value is -1.14. The van der Waals surface area contributed by atoms with E-state index >= 15 is 0 Å². The fourth-order valence-electron chi connectivity index (χ4n) is 2.02. The zero-order valence-corrected chi connectivity index (χ0v) is 11.4. The van der Waals surface area contributed by atoms with Crippen molar-refractivity contribution in [2.45, 2.75) is 12.5 Å². The Morgan fingerprint density at radius 1 is 1.56 bits per heavy atom. The molecule has 4 nitrogen and oxygen atoms in total. The molecule has 1 aliphatic rings. The van der Waals surface area contributed by atoms with Gasteiger partial charge < -0.3 is 16.0 Å². The van der Waals surface area contributed by atoms with Crippen LogP contribution < -0.4 is 11.1 Å². The Labute approximate surface area is 113 Å². The number of halogens is 2. The second-order valence-corrected chi connectivity index (χ2v) is 5.17. The van der Waals surface area contributed by atoms with Crippen molar-refractivity contribution in [3.8, 4) is 0 Å². The third kappa shape index (κ3) is 2.81. The third-order valence-corrected chi connectivity index (χ3v) is 3.45. The molecule has 0 saturated carbocycles. The summed E-state index contributed by atoms with van der Waals surface area (Å²) >= 11 is 3.31. The van der Waals surface area contributed by atoms with E-state index in [2.05, 4.69) is 21.2 Å². The summed E-state index contributed by atoms with van der Waals surface area (Å²) in [5.74, 6) is -0.302. The van der Waals surface area contributed by atoms with E-state index in [9.17, 15) is 9.18 Å². The number of nitrogens with two attached hydrogens (primary N) is 1. The molecule has 6 heteroatoms. The Morgan fingerprint density at radius 3 is 3.06 bits per heavy atom. The predicted molar refractivity (Wildman–Crippen MR) is 70.6 cm³/mol. The van der Waals surface area contributed by atoms with Crippen molar-refractivity contribution in [2.24, 2.45) is 5.73 Å². The molecule has 1 heterocycles. The van der Waals surface area contributed by atoms with Gasteiger partial charge in [0.25, 0.3) is 0 Å². The van der Waals surface area contributed by atoms with Gasteiger partial charge in [-0.3, -0.25) is 0 Å². The van der Waals surface area contributed by atoms with Crippen LogP contribution >= 0.6 is 15.9 Å². The largest absolute Gasteiger partial charge is 0.330 e. The fourth-order valence-corrected chi connectivity index (χ4v) is 2.40. The fraction of sp³-hybridized carbons (Fsp3) is 0.417. The summed E-state index contributed by atoms with van der Waals surface area (Å²) in [5, 5.41) is 2.78. The summed E-state index contributed by atoms with van der Waals surface area (Å²) in [4.78, 5) is 13.4. The number of nitrogens with zero attached hydrogens (tertiary/aromatic N) is 1. The van der Waals surface area contributed by atoms with Crippen LogP contribution in [0.15, 0.2) is 22.7 Å². The monoisotopic (exact) mass is 315 g/mol. The van der Waals surface area contributed by atoms with Crippen LogP contribution in [-0.4, -0.2) is 30.6 Å². The highest BCUT2D eigenvalue weighted by molar-refractivity contribution is 9.10. The van der Waals surface area contributed by atoms with E-state index in [0.29, 0.717) is 25.2 Å². The molecule has 0 spiro atoms. The first-order valence-corrected chi connectivity index (χ1v) is 6.61. The first-order valence-electron chi connectivity index (χ1n) is 5.82. The van der Waals surface area contributed by atoms with Crippen LogP contribution in [-0.2, 0) is 0 Å². The molecule has 1 atom stereocenters. The van der Waals surface area contributed by atoms with E-state index in [1.165, 1.54) is 6.07 Å². The van der Waals surface area contributed by atoms with E-state index in [0.717, 1.165) is 10.9 Å². The number of nitrogens with one attached hydrogen (secondary N) is 1. The van der Waals surface area contributed by atoms with Crippen molar-refractivity contribution in [1.29, 1.82) is 0 Å². The topological polar surface area (TPSA) is 58.4 Å². The molecule has 1 saturated heterocycles. The minimum atomic E-state index is -0.302. The highest BCUT2D eigenvalue weighted by atomic mass is 79.9. The molecule has 98 valence electrons. The lowest BCUT2D eigenvalue weighted by atomic mass is 10.1. The molecule has 3 N–H and O–H groups in total. The lowest BCUT2D eigenvalue weighted by Gasteiger charge is -2.14. The van der Waals surface area contributed by atoms with Gasteiger partial charge in [-0.05, 0) is 31.2 Å². The maximum Gasteiger partial charge on any atom is 0.318 e. The predicted octanol–water partition coefficient (Wildman–Crippen LogP) is 2.00. The summed E-state index contributed by atoms with van der Waals surface area (Å²) < 4.78 is 14.5. The van der Waals surface area contributed by atoms with Crippen molar-refractivity contribution in [3.05, 3.63) is 34.1 Å². The Balaban J connectivity index is 2.11. The van der Waals surface area contributed by atoms with Gasteiger partial charge in [0.05, 0.1) is 6.04 Å². The standard InChI is InChI=1S/C12H15BrFN3O/c13-8-2-3-10(14)9(6-8)11-7-17(5-1-4-15)12(18)16-11/h2-3,6,11H,1,4-5,7,15H2,(H,16,18). The molecular weight excluding hydrogens is 301 g/mol. The van der Waals surface area contributed by atoms with Crippen LogP contribution in [0.25, 0.3) is 0 Å². The number of amides is 2. The number of rotatable bonds is 4. The smallest absolute Gasteiger partial charge is 0.318 e. The van der Waals surface area contributed by atoms with Crippen LogP contribution in [0.2, 0.25) is 0 Å². The van der Waals surface area contributed by atoms with Crippen molar-refractivity contribution < 1.29 is 9.18 Å². The molecule has 1 aromatic carbocycles. The van der Waals surface area contributed by atoms with Crippen LogP contribution in [0.4, 0.5) is 9.18 Å². The van der Waals surface area contributed by atoms with Gasteiger partial charge in [0, 0.05) is 23.1 Å². The number of hydrogen-bond donors (Lipinski definition) is 2. The van der Waals surface area contributed by atoms with Crippen molar-refractivity contribution in [3.63, 3.8) is 0 Å². The van der Waals surface area contributed by atoms with Gasteiger partial charge in [-0.25, -0.2) is 9.18 Å². The molecule has 0 aromatic heterocycles. The van der Waals surface area contributed by atoms with Crippen molar-refractivity contribution in [2.75, 3.05) is 19.6 Å². The van der Waals surface area contributed by atoms with Gasteiger partial charge in [-0.1, -0.05) is 15.9 Å². The number of carbonyl (C=O) groups is 1. The van der Waals surface area contributed by atoms with Gasteiger partial charge in [-0.15, -0.1) is 0 Å². The SMILES string of the molecule is NCCCN1CC(c2cc(Br)ccc2F)NC1=O. The van der Waals surface area contributed by atoms with Crippen LogP contribution in [0.3, 0.4) is 0 Å². The Kier molecular flexibility index (Phi) is 4.19. The second kappa shape index (κ2) is 5.67. The molecule has 1 unspecified atom stereocenters. The van der Waals surface area contributed by atoms with E-state index in [-0.39, 0.29) is 17.9 Å². The quantitative estimate of drug-likeness (QED) is 0.893. The Bertz CT molecular complexity index is 455. The van der Waals surface area contributed by atoms with Gasteiger partial charge in [0.2, 0.25) is 0 Å². The molecule has 0 radical (unpaired) electrons. The second-order valence-electron chi connectivity index (χ2n) is 4.26. The molecule has 2 amide bonds. The molecule has 18 heavy (non-hydrogen) atoms. The molecule has 1 aromatic rings. The highest BCUT2D eigenvalue weighted by Gasteiger charge is 2.30. The third-order valence-electron chi connectivity index (χ3n) is 2.95. The van der Waals surface area contributed by atoms with Gasteiger partial charge in [0.1, 0.15) is 5.82 Å². The average Bonchev–Trinajstić information content (AvgIpc) is 2.71. The molecule has 0 bridgehead atoms. The number of hydrogen-bond acceptors (Lipinski definition) is 2. The van der Waals surface area contributed by atoms with Crippen LogP contribution in [0.1, 0.15) is 18.0 Å². The van der Waals surface area contributed by atoms with Crippen LogP contribution in [0.5, 0.6) is 0 Å². The maximum atomic E-state index is 13.7. The number of carbonyl (C=O) groups excluding carboxylic acids is 1. The van der Waals surface area contributed by atoms with Gasteiger partial charge >= 0.3 is 6.03 Å². The normalized spacial score (nSPS) is 19.2. The molecular formula is C12H15BrFN3O. The van der Waals surface area contributed by atoms with E-state index in [4.69, 9.17) is 5.73 Å². The van der Waals surface area contributed by atoms with Crippen LogP contribution in [0, 0.1) is 5.82 Å². The number of benzene rings is 1. The first kappa shape index (κ1) is 13.3. The van der Waals surface area contributed by atoms with E-state index < -0.39 is 0 Å². The average molecular weight is 316 g/mol. The summed E-state index contributed by atoms with van der Waals surface area (Å²) in [5.41, 5.74) is 5.92. The molecule has 1 fully saturated rings. The minimum absolute atomic E-state index is 0.159. The minimum Gasteiger partial charge on any atom is -0.330 e. The van der Waals surface area contributed by atoms with E-state index in [1.54, 1.807) is 17.0 Å². The lowest BCUT2D eigenvalue weighted by molar-refractivity contribution is 0.217. The summed E-state index contributed by atoms with van der Waals surface area (Å²) in [7, 11) is 0. The van der Waals surface area contributed by atoms with Gasteiger partial charge in [0.15, 0.2) is 0 Å². The summed E-state index contributed by atoms with van der Waals surface area (Å²) in [6, 6.07) is 4.28. The maximum absolute atomic E-state index is 13.7. The van der Waals surface area contributed by atoms with Crippen molar-refractivity contribution >= 4 is 22.0 Å². The Morgan fingerprint density at radius 2 is 2.33 bits per heavy atom. The first-order chi connectivity index (χ1) is 8.61. The summed E-state index contributed by atoms with van der Waals surface area (Å²) in [6.07, 6.45) is 0.751. The van der Waals surface area contributed by atoms with Gasteiger partial charge in [-0.2, -0.15) is 0 Å². The summed E-state index contributed by atoms with van der Waals surface area (Å²) in [6.45, 7) is 1.63. The van der Waals surface area contributed by atoms with Crippen molar-refractivity contribution in [1.82, 2.24) is 10.2 Å². The zero-order valence-electron chi connectivity index (χ0n) is 9.83. The zero-order chi connectivity index (χ0) is 13.1. The number of urea groups is 1. The molecule has 0 aliphatic carbocycles. The lowest BCUT2D eigenvalue weighted by Crippen LogP contribution is -2.30. The highest BCUT2D eigenvalue weighted by Crippen LogP contribution is 2.25. The van der Waals surface area contributed by atoms with E-state index in [1.807, 2.05) is 0 Å².